The Kier molecular flexibility index (Phi) is 7.41. The van der Waals surface area contributed by atoms with Gasteiger partial charge in [-0.15, -0.1) is 0 Å². The first-order valence-corrected chi connectivity index (χ1v) is 14.1. The monoisotopic (exact) mass is 536 g/mol. The molecular formula is C33H36N4O3. The van der Waals surface area contributed by atoms with Crippen molar-refractivity contribution in [2.75, 3.05) is 20.2 Å². The maximum atomic E-state index is 13.3. The molecule has 3 aromatic carbocycles. The summed E-state index contributed by atoms with van der Waals surface area (Å²) in [6.07, 6.45) is 2.32. The highest BCUT2D eigenvalue weighted by Crippen LogP contribution is 2.49. The fourth-order valence-electron chi connectivity index (χ4n) is 6.68. The van der Waals surface area contributed by atoms with E-state index in [1.54, 1.807) is 6.92 Å². The van der Waals surface area contributed by atoms with E-state index in [4.69, 9.17) is 4.74 Å². The number of ether oxygens (including phenoxy) is 1. The summed E-state index contributed by atoms with van der Waals surface area (Å²) in [7, 11) is 1.49. The summed E-state index contributed by atoms with van der Waals surface area (Å²) in [4.78, 5) is 30.9. The van der Waals surface area contributed by atoms with E-state index in [9.17, 15) is 9.59 Å². The molecule has 1 fully saturated rings. The SMILES string of the molecule is COC(=O)[C@@H]1Cc2c([nH]c3ccccc23)[C@H]2C[C@@H](NCCNC(C)=O)C[C@@H](c3ccc(-c4ccccc4)cc3)N21. The van der Waals surface area contributed by atoms with Gasteiger partial charge < -0.3 is 20.4 Å². The predicted molar refractivity (Wildman–Crippen MR) is 157 cm³/mol. The number of nitrogens with zero attached hydrogens (tertiary/aromatic N) is 1. The molecule has 7 heteroatoms. The number of H-pyrrole nitrogens is 1. The molecule has 1 aromatic heterocycles. The van der Waals surface area contributed by atoms with E-state index in [-0.39, 0.29) is 36.0 Å². The quantitative estimate of drug-likeness (QED) is 0.231. The van der Waals surface area contributed by atoms with E-state index in [1.165, 1.54) is 40.4 Å². The fraction of sp³-hybridized carbons (Fsp3) is 0.333. The van der Waals surface area contributed by atoms with Gasteiger partial charge in [0.2, 0.25) is 5.91 Å². The number of amides is 1. The minimum atomic E-state index is -0.374. The van der Waals surface area contributed by atoms with Gasteiger partial charge in [-0.25, -0.2) is 0 Å². The molecular weight excluding hydrogens is 500 g/mol. The second kappa shape index (κ2) is 11.3. The molecule has 0 bridgehead atoms. The van der Waals surface area contributed by atoms with Crippen LogP contribution >= 0.6 is 0 Å². The van der Waals surface area contributed by atoms with Crippen LogP contribution in [-0.4, -0.2) is 54.0 Å². The van der Waals surface area contributed by atoms with Crippen LogP contribution in [0.2, 0.25) is 0 Å². The molecule has 0 radical (unpaired) electrons. The Balaban J connectivity index is 1.39. The highest BCUT2D eigenvalue weighted by atomic mass is 16.5. The van der Waals surface area contributed by atoms with Gasteiger partial charge in [-0.2, -0.15) is 0 Å². The lowest BCUT2D eigenvalue weighted by atomic mass is 9.79. The van der Waals surface area contributed by atoms with Crippen molar-refractivity contribution in [3.8, 4) is 11.1 Å². The zero-order valence-electron chi connectivity index (χ0n) is 23.0. The summed E-state index contributed by atoms with van der Waals surface area (Å²) in [6, 6.07) is 27.4. The van der Waals surface area contributed by atoms with Crippen LogP contribution in [0.5, 0.6) is 0 Å². The lowest BCUT2D eigenvalue weighted by Crippen LogP contribution is -2.56. The van der Waals surface area contributed by atoms with Gasteiger partial charge in [0.05, 0.1) is 13.2 Å². The number of piperidine rings is 1. The molecule has 0 aliphatic carbocycles. The summed E-state index contributed by atoms with van der Waals surface area (Å²) in [5, 5.41) is 7.76. The van der Waals surface area contributed by atoms with E-state index in [2.05, 4.69) is 87.2 Å². The molecule has 4 atom stereocenters. The van der Waals surface area contributed by atoms with Crippen molar-refractivity contribution in [3.05, 3.63) is 95.7 Å². The van der Waals surface area contributed by atoms with Crippen molar-refractivity contribution < 1.29 is 14.3 Å². The number of esters is 1. The van der Waals surface area contributed by atoms with E-state index in [1.807, 2.05) is 12.1 Å². The lowest BCUT2D eigenvalue weighted by molar-refractivity contribution is -0.152. The van der Waals surface area contributed by atoms with Crippen LogP contribution in [0, 0.1) is 0 Å². The minimum Gasteiger partial charge on any atom is -0.468 e. The zero-order valence-corrected chi connectivity index (χ0v) is 23.0. The number of hydrogen-bond acceptors (Lipinski definition) is 5. The van der Waals surface area contributed by atoms with E-state index in [0.717, 1.165) is 18.4 Å². The highest BCUT2D eigenvalue weighted by Gasteiger charge is 2.48. The van der Waals surface area contributed by atoms with Gasteiger partial charge in [-0.05, 0) is 41.2 Å². The van der Waals surface area contributed by atoms with Crippen molar-refractivity contribution in [2.45, 2.75) is 50.4 Å². The van der Waals surface area contributed by atoms with E-state index >= 15 is 0 Å². The van der Waals surface area contributed by atoms with Crippen molar-refractivity contribution in [1.82, 2.24) is 20.5 Å². The number of para-hydroxylation sites is 1. The van der Waals surface area contributed by atoms with Crippen molar-refractivity contribution >= 4 is 22.8 Å². The third-order valence-electron chi connectivity index (χ3n) is 8.48. The Morgan fingerprint density at radius 2 is 1.60 bits per heavy atom. The number of carbonyl (C=O) groups is 2. The molecule has 40 heavy (non-hydrogen) atoms. The molecule has 3 heterocycles. The zero-order chi connectivity index (χ0) is 27.6. The van der Waals surface area contributed by atoms with E-state index < -0.39 is 0 Å². The normalized spacial score (nSPS) is 22.4. The minimum absolute atomic E-state index is 0.0190. The third-order valence-corrected chi connectivity index (χ3v) is 8.48. The molecule has 0 unspecified atom stereocenters. The van der Waals surface area contributed by atoms with Gasteiger partial charge in [0.25, 0.3) is 0 Å². The molecule has 6 rings (SSSR count). The number of rotatable bonds is 7. The summed E-state index contributed by atoms with van der Waals surface area (Å²) >= 11 is 0. The Labute approximate surface area is 234 Å². The molecule has 1 saturated heterocycles. The van der Waals surface area contributed by atoms with Crippen LogP contribution in [0.3, 0.4) is 0 Å². The molecule has 2 aliphatic heterocycles. The highest BCUT2D eigenvalue weighted by molar-refractivity contribution is 5.87. The first kappa shape index (κ1) is 26.3. The average molecular weight is 537 g/mol. The number of fused-ring (bicyclic) bond motifs is 5. The third kappa shape index (κ3) is 5.03. The second-order valence-corrected chi connectivity index (χ2v) is 10.9. The second-order valence-electron chi connectivity index (χ2n) is 10.9. The molecule has 206 valence electrons. The van der Waals surface area contributed by atoms with Crippen molar-refractivity contribution in [2.24, 2.45) is 0 Å². The van der Waals surface area contributed by atoms with Crippen LogP contribution < -0.4 is 10.6 Å². The number of nitrogens with one attached hydrogen (secondary N) is 3. The average Bonchev–Trinajstić information content (AvgIpc) is 3.37. The smallest absolute Gasteiger partial charge is 0.323 e. The summed E-state index contributed by atoms with van der Waals surface area (Å²) in [6.45, 7) is 2.82. The number of aromatic amines is 1. The van der Waals surface area contributed by atoms with Gasteiger partial charge in [0.1, 0.15) is 6.04 Å². The maximum absolute atomic E-state index is 13.3. The predicted octanol–water partition coefficient (Wildman–Crippen LogP) is 4.91. The molecule has 4 aromatic rings. The Bertz CT molecular complexity index is 1500. The number of benzene rings is 3. The number of hydrogen-bond donors (Lipinski definition) is 3. The van der Waals surface area contributed by atoms with Crippen LogP contribution in [0.15, 0.2) is 78.9 Å². The largest absolute Gasteiger partial charge is 0.468 e. The summed E-state index contributed by atoms with van der Waals surface area (Å²) < 4.78 is 5.39. The van der Waals surface area contributed by atoms with Crippen molar-refractivity contribution in [3.63, 3.8) is 0 Å². The Morgan fingerprint density at radius 3 is 2.35 bits per heavy atom. The van der Waals surface area contributed by atoms with Gasteiger partial charge in [-0.3, -0.25) is 14.5 Å². The van der Waals surface area contributed by atoms with Crippen LogP contribution in [0.25, 0.3) is 22.0 Å². The molecule has 1 amide bonds. The van der Waals surface area contributed by atoms with Gasteiger partial charge in [-0.1, -0.05) is 72.8 Å². The number of aromatic nitrogens is 1. The van der Waals surface area contributed by atoms with Gasteiger partial charge in [0, 0.05) is 55.1 Å². The van der Waals surface area contributed by atoms with E-state index in [0.29, 0.717) is 19.5 Å². The molecule has 0 spiro atoms. The Hall–Kier alpha value is -3.94. The number of carbonyl (C=O) groups excluding carboxylic acids is 2. The molecule has 0 saturated carbocycles. The summed E-state index contributed by atoms with van der Waals surface area (Å²) in [5.74, 6) is -0.215. The van der Waals surface area contributed by atoms with Gasteiger partial charge >= 0.3 is 5.97 Å². The molecule has 7 nitrogen and oxygen atoms in total. The fourth-order valence-corrected chi connectivity index (χ4v) is 6.68. The summed E-state index contributed by atoms with van der Waals surface area (Å²) in [5.41, 5.74) is 7.04. The lowest BCUT2D eigenvalue weighted by Gasteiger charge is -2.50. The first-order chi connectivity index (χ1) is 19.5. The maximum Gasteiger partial charge on any atom is 0.323 e. The number of methoxy groups -OCH3 is 1. The van der Waals surface area contributed by atoms with Crippen LogP contribution in [0.4, 0.5) is 0 Å². The van der Waals surface area contributed by atoms with Crippen molar-refractivity contribution in [1.29, 1.82) is 0 Å². The molecule has 3 N–H and O–H groups in total. The van der Waals surface area contributed by atoms with Gasteiger partial charge in [0.15, 0.2) is 0 Å². The molecule has 2 aliphatic rings. The Morgan fingerprint density at radius 1 is 0.900 bits per heavy atom. The standard InChI is InChI=1S/C33H36N4O3/c1-21(38)34-16-17-35-25-18-29(24-14-12-23(13-15-24)22-8-4-3-5-9-22)37-30(19-25)32-27(20-31(37)33(39)40-2)26-10-6-7-11-28(26)36-32/h3-15,25,29-31,35-36H,16-20H2,1-2H3,(H,34,38)/t25-,29-,30+,31-/m0/s1. The van der Waals surface area contributed by atoms with Crippen LogP contribution in [-0.2, 0) is 20.7 Å². The topological polar surface area (TPSA) is 86.5 Å². The first-order valence-electron chi connectivity index (χ1n) is 14.1. The van der Waals surface area contributed by atoms with Crippen LogP contribution in [0.1, 0.15) is 48.7 Å².